The third-order valence-electron chi connectivity index (χ3n) is 4.57. The second kappa shape index (κ2) is 10.1. The Kier molecular flexibility index (Phi) is 8.07. The van der Waals surface area contributed by atoms with Crippen LogP contribution in [0, 0.1) is 5.92 Å². The minimum atomic E-state index is -3.73. The number of ether oxygens (including phenoxy) is 1. The minimum absolute atomic E-state index is 0.0567. The maximum absolute atomic E-state index is 12.1. The molecule has 1 fully saturated rings. The summed E-state index contributed by atoms with van der Waals surface area (Å²) < 4.78 is 31.4. The molecule has 0 saturated heterocycles. The van der Waals surface area contributed by atoms with Gasteiger partial charge in [-0.3, -0.25) is 9.59 Å². The number of benzene rings is 1. The van der Waals surface area contributed by atoms with Crippen LogP contribution in [0.5, 0.6) is 0 Å². The van der Waals surface area contributed by atoms with Crippen molar-refractivity contribution in [2.75, 3.05) is 13.2 Å². The zero-order chi connectivity index (χ0) is 19.9. The molecule has 1 aliphatic rings. The van der Waals surface area contributed by atoms with Gasteiger partial charge in [-0.25, -0.2) is 13.1 Å². The Balaban J connectivity index is 1.68. The Morgan fingerprint density at radius 2 is 1.85 bits per heavy atom. The molecule has 1 aromatic carbocycles. The molecule has 9 heteroatoms. The first-order valence-electron chi connectivity index (χ1n) is 8.98. The van der Waals surface area contributed by atoms with E-state index in [0.29, 0.717) is 10.9 Å². The molecule has 2 atom stereocenters. The van der Waals surface area contributed by atoms with Crippen molar-refractivity contribution in [2.24, 2.45) is 5.92 Å². The molecule has 0 heterocycles. The van der Waals surface area contributed by atoms with Crippen molar-refractivity contribution in [3.8, 4) is 0 Å². The van der Waals surface area contributed by atoms with Gasteiger partial charge in [0.25, 0.3) is 5.91 Å². The van der Waals surface area contributed by atoms with Crippen LogP contribution in [-0.4, -0.2) is 39.5 Å². The third-order valence-corrected chi connectivity index (χ3v) is 6.30. The number of hydrogen-bond donors (Lipinski definition) is 2. The highest BCUT2D eigenvalue weighted by Crippen LogP contribution is 2.23. The van der Waals surface area contributed by atoms with Gasteiger partial charge in [-0.05, 0) is 43.0 Å². The molecule has 27 heavy (non-hydrogen) atoms. The van der Waals surface area contributed by atoms with E-state index in [1.54, 1.807) is 0 Å². The number of esters is 1. The number of amides is 1. The summed E-state index contributed by atoms with van der Waals surface area (Å²) in [5.74, 6) is -0.551. The van der Waals surface area contributed by atoms with Crippen LogP contribution in [0.25, 0.3) is 0 Å². The third kappa shape index (κ3) is 7.12. The Bertz CT molecular complexity index is 752. The quantitative estimate of drug-likeness (QED) is 0.633. The lowest BCUT2D eigenvalue weighted by atomic mass is 9.86. The van der Waals surface area contributed by atoms with Crippen molar-refractivity contribution in [1.82, 2.24) is 10.0 Å². The van der Waals surface area contributed by atoms with Crippen LogP contribution >= 0.6 is 11.6 Å². The van der Waals surface area contributed by atoms with Crippen LogP contribution in [0.2, 0.25) is 5.02 Å². The topological polar surface area (TPSA) is 102 Å². The van der Waals surface area contributed by atoms with Gasteiger partial charge in [0.15, 0.2) is 6.61 Å². The van der Waals surface area contributed by atoms with Crippen LogP contribution in [0.1, 0.15) is 39.0 Å². The van der Waals surface area contributed by atoms with E-state index in [1.807, 2.05) is 0 Å². The van der Waals surface area contributed by atoms with Crippen LogP contribution in [0.3, 0.4) is 0 Å². The standard InChI is InChI=1S/C18H25ClN2O5S/c1-13-4-2-3-5-16(13)21-17(22)12-26-18(23)10-11-20-27(24,25)15-8-6-14(19)7-9-15/h6-9,13,16,20H,2-5,10-12H2,1H3,(H,21,22)/t13-,16+/m1/s1. The van der Waals surface area contributed by atoms with E-state index in [-0.39, 0.29) is 36.4 Å². The smallest absolute Gasteiger partial charge is 0.307 e. The molecule has 1 aromatic rings. The lowest BCUT2D eigenvalue weighted by Crippen LogP contribution is -2.43. The molecular formula is C18H25ClN2O5S. The molecule has 0 bridgehead atoms. The Labute approximate surface area is 164 Å². The maximum atomic E-state index is 12.1. The predicted molar refractivity (Wildman–Crippen MR) is 102 cm³/mol. The van der Waals surface area contributed by atoms with Crippen molar-refractivity contribution in [3.05, 3.63) is 29.3 Å². The van der Waals surface area contributed by atoms with Gasteiger partial charge >= 0.3 is 5.97 Å². The lowest BCUT2D eigenvalue weighted by molar-refractivity contribution is -0.148. The van der Waals surface area contributed by atoms with Crippen molar-refractivity contribution in [3.63, 3.8) is 0 Å². The largest absolute Gasteiger partial charge is 0.456 e. The van der Waals surface area contributed by atoms with E-state index >= 15 is 0 Å². The van der Waals surface area contributed by atoms with E-state index in [2.05, 4.69) is 17.0 Å². The van der Waals surface area contributed by atoms with Gasteiger partial charge in [0.1, 0.15) is 0 Å². The maximum Gasteiger partial charge on any atom is 0.307 e. The fourth-order valence-electron chi connectivity index (χ4n) is 2.98. The summed E-state index contributed by atoms with van der Waals surface area (Å²) in [4.78, 5) is 23.7. The Morgan fingerprint density at radius 3 is 2.52 bits per heavy atom. The van der Waals surface area contributed by atoms with Crippen molar-refractivity contribution >= 4 is 33.5 Å². The first-order chi connectivity index (χ1) is 12.8. The first kappa shape index (κ1) is 21.7. The van der Waals surface area contributed by atoms with E-state index in [0.717, 1.165) is 19.3 Å². The summed E-state index contributed by atoms with van der Waals surface area (Å²) in [5.41, 5.74) is 0. The minimum Gasteiger partial charge on any atom is -0.456 e. The van der Waals surface area contributed by atoms with Gasteiger partial charge < -0.3 is 10.1 Å². The molecule has 1 aliphatic carbocycles. The molecule has 1 saturated carbocycles. The highest BCUT2D eigenvalue weighted by molar-refractivity contribution is 7.89. The molecule has 7 nitrogen and oxygen atoms in total. The summed E-state index contributed by atoms with van der Waals surface area (Å²) >= 11 is 5.73. The summed E-state index contributed by atoms with van der Waals surface area (Å²) in [6.07, 6.45) is 4.11. The molecule has 0 aromatic heterocycles. The second-order valence-electron chi connectivity index (χ2n) is 6.70. The van der Waals surface area contributed by atoms with Crippen molar-refractivity contribution in [2.45, 2.75) is 50.0 Å². The lowest BCUT2D eigenvalue weighted by Gasteiger charge is -2.29. The normalized spacial score (nSPS) is 20.1. The number of carbonyl (C=O) groups is 2. The van der Waals surface area contributed by atoms with Crippen LogP contribution < -0.4 is 10.0 Å². The SMILES string of the molecule is C[C@@H]1CCCC[C@@H]1NC(=O)COC(=O)CCNS(=O)(=O)c1ccc(Cl)cc1. The average Bonchev–Trinajstić information content (AvgIpc) is 2.62. The molecule has 150 valence electrons. The number of hydrogen-bond acceptors (Lipinski definition) is 5. The van der Waals surface area contributed by atoms with E-state index in [4.69, 9.17) is 16.3 Å². The fraction of sp³-hybridized carbons (Fsp3) is 0.556. The zero-order valence-corrected chi connectivity index (χ0v) is 16.8. The molecule has 0 radical (unpaired) electrons. The van der Waals surface area contributed by atoms with Gasteiger partial charge in [-0.2, -0.15) is 0 Å². The van der Waals surface area contributed by atoms with Crippen LogP contribution in [0.4, 0.5) is 0 Å². The molecule has 2 N–H and O–H groups in total. The summed E-state index contributed by atoms with van der Waals surface area (Å²) in [7, 11) is -3.73. The van der Waals surface area contributed by atoms with E-state index < -0.39 is 16.0 Å². The Morgan fingerprint density at radius 1 is 1.19 bits per heavy atom. The van der Waals surface area contributed by atoms with E-state index in [9.17, 15) is 18.0 Å². The number of nitrogens with one attached hydrogen (secondary N) is 2. The molecule has 2 rings (SSSR count). The summed E-state index contributed by atoms with van der Waals surface area (Å²) in [6, 6.07) is 5.81. The van der Waals surface area contributed by atoms with Crippen molar-refractivity contribution in [1.29, 1.82) is 0 Å². The predicted octanol–water partition coefficient (Wildman–Crippen LogP) is 2.25. The van der Waals surface area contributed by atoms with Gasteiger partial charge in [-0.1, -0.05) is 31.4 Å². The zero-order valence-electron chi connectivity index (χ0n) is 15.2. The molecule has 0 aliphatic heterocycles. The number of halogens is 1. The molecular weight excluding hydrogens is 392 g/mol. The average molecular weight is 417 g/mol. The van der Waals surface area contributed by atoms with Gasteiger partial charge in [0.05, 0.1) is 11.3 Å². The Hall–Kier alpha value is -1.64. The van der Waals surface area contributed by atoms with Crippen LogP contribution in [-0.2, 0) is 24.3 Å². The van der Waals surface area contributed by atoms with E-state index in [1.165, 1.54) is 30.7 Å². The summed E-state index contributed by atoms with van der Waals surface area (Å²) in [5, 5.41) is 3.32. The molecule has 1 amide bonds. The van der Waals surface area contributed by atoms with Gasteiger partial charge in [0.2, 0.25) is 10.0 Å². The molecule has 0 spiro atoms. The van der Waals surface area contributed by atoms with Crippen LogP contribution in [0.15, 0.2) is 29.2 Å². The first-order valence-corrected chi connectivity index (χ1v) is 10.8. The van der Waals surface area contributed by atoms with Gasteiger partial charge in [0, 0.05) is 17.6 Å². The fourth-order valence-corrected chi connectivity index (χ4v) is 4.14. The van der Waals surface area contributed by atoms with Gasteiger partial charge in [-0.15, -0.1) is 0 Å². The van der Waals surface area contributed by atoms with Crippen molar-refractivity contribution < 1.29 is 22.7 Å². The number of rotatable bonds is 8. The summed E-state index contributed by atoms with van der Waals surface area (Å²) in [6.45, 7) is 1.62. The second-order valence-corrected chi connectivity index (χ2v) is 8.90. The highest BCUT2D eigenvalue weighted by atomic mass is 35.5. The molecule has 0 unspecified atom stereocenters. The monoisotopic (exact) mass is 416 g/mol. The highest BCUT2D eigenvalue weighted by Gasteiger charge is 2.23. The number of carbonyl (C=O) groups excluding carboxylic acids is 2. The number of sulfonamides is 1.